The number of nitrogens with zero attached hydrogens (tertiary/aromatic N) is 4. The van der Waals surface area contributed by atoms with Gasteiger partial charge in [-0.2, -0.15) is 0 Å². The van der Waals surface area contributed by atoms with Gasteiger partial charge in [-0.1, -0.05) is 68.4 Å². The molecule has 0 aliphatic carbocycles. The van der Waals surface area contributed by atoms with Crippen LogP contribution in [0.25, 0.3) is 11.4 Å². The fourth-order valence-electron chi connectivity index (χ4n) is 3.46. The molecule has 1 amide bonds. The lowest BCUT2D eigenvalue weighted by molar-refractivity contribution is 0.0847. The molecule has 0 aliphatic rings. The van der Waals surface area contributed by atoms with Crippen molar-refractivity contribution in [2.75, 3.05) is 0 Å². The highest BCUT2D eigenvalue weighted by Crippen LogP contribution is 2.20. The Morgan fingerprint density at radius 1 is 0.939 bits per heavy atom. The van der Waals surface area contributed by atoms with Gasteiger partial charge in [0.05, 0.1) is 18.4 Å². The average molecular weight is 440 g/mol. The summed E-state index contributed by atoms with van der Waals surface area (Å²) >= 11 is 0. The summed E-state index contributed by atoms with van der Waals surface area (Å²) in [7, 11) is 0. The van der Waals surface area contributed by atoms with Gasteiger partial charge in [0, 0.05) is 35.9 Å². The van der Waals surface area contributed by atoms with Crippen LogP contribution in [0, 0.1) is 0 Å². The van der Waals surface area contributed by atoms with Gasteiger partial charge in [-0.25, -0.2) is 15.0 Å². The SMILES string of the molecule is CC(C)c1ccc(-c2ncc(C(=O)NC(Cn3ccnc3)C(=O)c3ccccc3)cn2)cc1. The topological polar surface area (TPSA) is 89.8 Å². The van der Waals surface area contributed by atoms with E-state index in [0.717, 1.165) is 5.56 Å². The highest BCUT2D eigenvalue weighted by Gasteiger charge is 2.23. The lowest BCUT2D eigenvalue weighted by Crippen LogP contribution is -2.43. The third kappa shape index (κ3) is 5.38. The summed E-state index contributed by atoms with van der Waals surface area (Å²) in [5.74, 6) is 0.392. The van der Waals surface area contributed by atoms with Crippen molar-refractivity contribution in [1.82, 2.24) is 24.8 Å². The van der Waals surface area contributed by atoms with Crippen molar-refractivity contribution < 1.29 is 9.59 Å². The maximum atomic E-state index is 13.1. The molecule has 0 aliphatic heterocycles. The Labute approximate surface area is 192 Å². The van der Waals surface area contributed by atoms with Crippen molar-refractivity contribution in [2.45, 2.75) is 32.4 Å². The molecule has 1 atom stereocenters. The second-order valence-corrected chi connectivity index (χ2v) is 8.09. The number of Topliss-reactive ketones (excluding diaryl/α,β-unsaturated/α-hetero) is 1. The zero-order valence-corrected chi connectivity index (χ0v) is 18.6. The lowest BCUT2D eigenvalue weighted by Gasteiger charge is -2.18. The van der Waals surface area contributed by atoms with Crippen LogP contribution in [0.1, 0.15) is 46.0 Å². The van der Waals surface area contributed by atoms with Gasteiger partial charge in [-0.15, -0.1) is 0 Å². The summed E-state index contributed by atoms with van der Waals surface area (Å²) in [6.07, 6.45) is 7.95. The number of carbonyl (C=O) groups excluding carboxylic acids is 2. The molecule has 0 saturated carbocycles. The molecule has 0 spiro atoms. The van der Waals surface area contributed by atoms with Crippen LogP contribution in [0.3, 0.4) is 0 Å². The maximum absolute atomic E-state index is 13.1. The number of carbonyl (C=O) groups is 2. The molecular formula is C26H25N5O2. The Balaban J connectivity index is 1.50. The lowest BCUT2D eigenvalue weighted by atomic mass is 10.0. The average Bonchev–Trinajstić information content (AvgIpc) is 3.37. The molecule has 166 valence electrons. The molecule has 2 heterocycles. The van der Waals surface area contributed by atoms with E-state index < -0.39 is 11.9 Å². The van der Waals surface area contributed by atoms with Crippen LogP contribution in [0.5, 0.6) is 0 Å². The third-order valence-corrected chi connectivity index (χ3v) is 5.38. The molecule has 4 aromatic rings. The van der Waals surface area contributed by atoms with Gasteiger partial charge in [0.2, 0.25) is 0 Å². The molecule has 2 aromatic carbocycles. The van der Waals surface area contributed by atoms with Crippen LogP contribution in [0.2, 0.25) is 0 Å². The summed E-state index contributed by atoms with van der Waals surface area (Å²) in [5.41, 5.74) is 2.93. The first-order chi connectivity index (χ1) is 16.0. The van der Waals surface area contributed by atoms with Crippen molar-refractivity contribution >= 4 is 11.7 Å². The van der Waals surface area contributed by atoms with Gasteiger partial charge >= 0.3 is 0 Å². The number of hydrogen-bond acceptors (Lipinski definition) is 5. The minimum absolute atomic E-state index is 0.180. The fourth-order valence-corrected chi connectivity index (χ4v) is 3.46. The number of amides is 1. The summed E-state index contributed by atoms with van der Waals surface area (Å²) in [5, 5.41) is 2.83. The van der Waals surface area contributed by atoms with E-state index >= 15 is 0 Å². The van der Waals surface area contributed by atoms with E-state index in [1.807, 2.05) is 18.2 Å². The van der Waals surface area contributed by atoms with Crippen molar-refractivity contribution in [1.29, 1.82) is 0 Å². The zero-order chi connectivity index (χ0) is 23.2. The summed E-state index contributed by atoms with van der Waals surface area (Å²) in [4.78, 5) is 38.7. The highest BCUT2D eigenvalue weighted by atomic mass is 16.2. The Morgan fingerprint density at radius 3 is 2.24 bits per heavy atom. The van der Waals surface area contributed by atoms with E-state index in [9.17, 15) is 9.59 Å². The van der Waals surface area contributed by atoms with Crippen LogP contribution >= 0.6 is 0 Å². The maximum Gasteiger partial charge on any atom is 0.255 e. The number of imidazole rings is 1. The molecule has 0 bridgehead atoms. The first-order valence-corrected chi connectivity index (χ1v) is 10.8. The molecular weight excluding hydrogens is 414 g/mol. The number of rotatable bonds is 8. The number of nitrogens with one attached hydrogen (secondary N) is 1. The molecule has 4 rings (SSSR count). The van der Waals surface area contributed by atoms with E-state index in [1.165, 1.54) is 18.0 Å². The Kier molecular flexibility index (Phi) is 6.69. The molecule has 2 aromatic heterocycles. The van der Waals surface area contributed by atoms with Gasteiger partial charge in [-0.05, 0) is 11.5 Å². The fraction of sp³-hybridized carbons (Fsp3) is 0.192. The van der Waals surface area contributed by atoms with E-state index in [-0.39, 0.29) is 17.9 Å². The van der Waals surface area contributed by atoms with Gasteiger partial charge < -0.3 is 9.88 Å². The Bertz CT molecular complexity index is 1200. The van der Waals surface area contributed by atoms with Crippen LogP contribution in [-0.2, 0) is 6.54 Å². The molecule has 1 unspecified atom stereocenters. The second kappa shape index (κ2) is 9.99. The normalized spacial score (nSPS) is 11.8. The summed E-state index contributed by atoms with van der Waals surface area (Å²) in [6.45, 7) is 4.55. The molecule has 7 heteroatoms. The van der Waals surface area contributed by atoms with Crippen LogP contribution in [0.15, 0.2) is 85.7 Å². The second-order valence-electron chi connectivity index (χ2n) is 8.09. The zero-order valence-electron chi connectivity index (χ0n) is 18.6. The monoisotopic (exact) mass is 439 g/mol. The minimum Gasteiger partial charge on any atom is -0.340 e. The third-order valence-electron chi connectivity index (χ3n) is 5.38. The first-order valence-electron chi connectivity index (χ1n) is 10.8. The summed E-state index contributed by atoms with van der Waals surface area (Å²) in [6, 6.07) is 16.2. The van der Waals surface area contributed by atoms with Gasteiger partial charge in [0.15, 0.2) is 11.6 Å². The smallest absolute Gasteiger partial charge is 0.255 e. The quantitative estimate of drug-likeness (QED) is 0.417. The van der Waals surface area contributed by atoms with Gasteiger partial charge in [0.25, 0.3) is 5.91 Å². The van der Waals surface area contributed by atoms with Gasteiger partial charge in [0.1, 0.15) is 6.04 Å². The van der Waals surface area contributed by atoms with Crippen LogP contribution in [0.4, 0.5) is 0 Å². The molecule has 0 fully saturated rings. The van der Waals surface area contributed by atoms with Crippen LogP contribution in [-0.4, -0.2) is 37.3 Å². The highest BCUT2D eigenvalue weighted by molar-refractivity contribution is 6.04. The Morgan fingerprint density at radius 2 is 1.64 bits per heavy atom. The predicted octanol–water partition coefficient (Wildman–Crippen LogP) is 4.15. The van der Waals surface area contributed by atoms with Crippen molar-refractivity contribution in [3.63, 3.8) is 0 Å². The molecule has 0 saturated heterocycles. The predicted molar refractivity (Wildman–Crippen MR) is 126 cm³/mol. The molecule has 7 nitrogen and oxygen atoms in total. The van der Waals surface area contributed by atoms with Crippen LogP contribution < -0.4 is 5.32 Å². The van der Waals surface area contributed by atoms with Crippen molar-refractivity contribution in [2.24, 2.45) is 0 Å². The number of benzene rings is 2. The minimum atomic E-state index is -0.766. The first kappa shape index (κ1) is 22.1. The number of aromatic nitrogens is 4. The number of hydrogen-bond donors (Lipinski definition) is 1. The van der Waals surface area contributed by atoms with Crippen molar-refractivity contribution in [3.8, 4) is 11.4 Å². The van der Waals surface area contributed by atoms with E-state index in [4.69, 9.17) is 0 Å². The molecule has 33 heavy (non-hydrogen) atoms. The largest absolute Gasteiger partial charge is 0.340 e. The molecule has 1 N–H and O–H groups in total. The van der Waals surface area contributed by atoms with E-state index in [1.54, 1.807) is 47.6 Å². The summed E-state index contributed by atoms with van der Waals surface area (Å²) < 4.78 is 1.76. The Hall–Kier alpha value is -4.13. The molecule has 0 radical (unpaired) electrons. The van der Waals surface area contributed by atoms with Gasteiger partial charge in [-0.3, -0.25) is 9.59 Å². The van der Waals surface area contributed by atoms with E-state index in [2.05, 4.69) is 46.2 Å². The van der Waals surface area contributed by atoms with E-state index in [0.29, 0.717) is 17.3 Å². The van der Waals surface area contributed by atoms with Crippen molar-refractivity contribution in [3.05, 3.63) is 102 Å². The standard InChI is InChI=1S/C26H25N5O2/c1-18(2)19-8-10-21(11-9-19)25-28-14-22(15-29-25)26(33)30-23(16-31-13-12-27-17-31)24(32)20-6-4-3-5-7-20/h3-15,17-18,23H,16H2,1-2H3,(H,30,33). The number of ketones is 1.